The maximum Gasteiger partial charge on any atom is 0.337 e. The highest BCUT2D eigenvalue weighted by molar-refractivity contribution is 7.92. The van der Waals surface area contributed by atoms with Crippen LogP contribution in [0.4, 0.5) is 14.5 Å². The zero-order valence-corrected chi connectivity index (χ0v) is 8.81. The predicted octanol–water partition coefficient (Wildman–Crippen LogP) is 1.03. The molecule has 1 rings (SSSR count). The molecule has 0 atom stereocenters. The van der Waals surface area contributed by atoms with E-state index in [1.807, 2.05) is 0 Å². The number of nitrogens with one attached hydrogen (secondary N) is 1. The average molecular weight is 251 g/mol. The van der Waals surface area contributed by atoms with E-state index in [0.717, 1.165) is 6.26 Å². The van der Waals surface area contributed by atoms with Gasteiger partial charge in [-0.3, -0.25) is 4.72 Å². The minimum atomic E-state index is -3.77. The second-order valence-electron chi connectivity index (χ2n) is 2.99. The number of benzene rings is 1. The lowest BCUT2D eigenvalue weighted by atomic mass is 10.2. The summed E-state index contributed by atoms with van der Waals surface area (Å²) in [5.41, 5.74) is -1.18. The van der Waals surface area contributed by atoms with Crippen molar-refractivity contribution in [1.29, 1.82) is 0 Å². The molecule has 0 saturated carbocycles. The van der Waals surface area contributed by atoms with Gasteiger partial charge in [0.2, 0.25) is 10.0 Å². The van der Waals surface area contributed by atoms with Crippen molar-refractivity contribution in [2.45, 2.75) is 0 Å². The molecular formula is C8H7F2NO4S. The summed E-state index contributed by atoms with van der Waals surface area (Å²) in [6, 6.07) is 0.880. The molecular weight excluding hydrogens is 244 g/mol. The first-order chi connectivity index (χ1) is 7.20. The van der Waals surface area contributed by atoms with Crippen LogP contribution < -0.4 is 4.72 Å². The van der Waals surface area contributed by atoms with Gasteiger partial charge in [-0.2, -0.15) is 0 Å². The third-order valence-corrected chi connectivity index (χ3v) is 2.18. The van der Waals surface area contributed by atoms with Crippen molar-refractivity contribution in [3.05, 3.63) is 29.3 Å². The Labute approximate surface area is 89.8 Å². The number of aromatic carboxylic acids is 1. The zero-order chi connectivity index (χ0) is 12.5. The highest BCUT2D eigenvalue weighted by Crippen LogP contribution is 2.20. The van der Waals surface area contributed by atoms with Crippen molar-refractivity contribution in [2.24, 2.45) is 0 Å². The van der Waals surface area contributed by atoms with Gasteiger partial charge in [-0.15, -0.1) is 0 Å². The van der Waals surface area contributed by atoms with Gasteiger partial charge in [-0.1, -0.05) is 0 Å². The second-order valence-corrected chi connectivity index (χ2v) is 4.74. The smallest absolute Gasteiger partial charge is 0.337 e. The summed E-state index contributed by atoms with van der Waals surface area (Å²) in [7, 11) is -3.77. The molecule has 0 aliphatic carbocycles. The van der Waals surface area contributed by atoms with Crippen LogP contribution in [0.3, 0.4) is 0 Å². The lowest BCUT2D eigenvalue weighted by Crippen LogP contribution is -2.14. The molecule has 0 aliphatic heterocycles. The predicted molar refractivity (Wildman–Crippen MR) is 51.8 cm³/mol. The normalized spacial score (nSPS) is 11.2. The summed E-state index contributed by atoms with van der Waals surface area (Å²) in [4.78, 5) is 10.6. The summed E-state index contributed by atoms with van der Waals surface area (Å²) in [5, 5.41) is 8.65. The van der Waals surface area contributed by atoms with E-state index in [9.17, 15) is 22.0 Å². The first-order valence-corrected chi connectivity index (χ1v) is 5.80. The Hall–Kier alpha value is -1.70. The molecule has 16 heavy (non-hydrogen) atoms. The molecule has 0 heterocycles. The molecule has 1 aromatic rings. The number of carboxylic acids is 1. The van der Waals surface area contributed by atoms with Crippen LogP contribution >= 0.6 is 0 Å². The second kappa shape index (κ2) is 4.05. The lowest BCUT2D eigenvalue weighted by Gasteiger charge is -2.08. The van der Waals surface area contributed by atoms with Crippen molar-refractivity contribution in [3.8, 4) is 0 Å². The van der Waals surface area contributed by atoms with Crippen LogP contribution in [0.25, 0.3) is 0 Å². The van der Waals surface area contributed by atoms with Crippen molar-refractivity contribution < 1.29 is 27.1 Å². The summed E-state index contributed by atoms with van der Waals surface area (Å²) >= 11 is 0. The number of sulfonamides is 1. The van der Waals surface area contributed by atoms with Gasteiger partial charge in [-0.25, -0.2) is 22.0 Å². The Morgan fingerprint density at radius 2 is 1.81 bits per heavy atom. The third-order valence-electron chi connectivity index (χ3n) is 1.59. The molecule has 0 saturated heterocycles. The number of carboxylic acid groups (broad SMARTS) is 1. The lowest BCUT2D eigenvalue weighted by molar-refractivity contribution is 0.0697. The number of carbonyl (C=O) groups is 1. The summed E-state index contributed by atoms with van der Waals surface area (Å²) in [5.74, 6) is -4.27. The monoisotopic (exact) mass is 251 g/mol. The Morgan fingerprint density at radius 3 is 2.25 bits per heavy atom. The van der Waals surface area contributed by atoms with Crippen LogP contribution in [0.15, 0.2) is 12.1 Å². The number of rotatable bonds is 3. The van der Waals surface area contributed by atoms with Crippen molar-refractivity contribution in [3.63, 3.8) is 0 Å². The van der Waals surface area contributed by atoms with E-state index < -0.39 is 38.9 Å². The van der Waals surface area contributed by atoms with E-state index in [2.05, 4.69) is 0 Å². The fraction of sp³-hybridized carbons (Fsp3) is 0.125. The fourth-order valence-electron chi connectivity index (χ4n) is 1.01. The maximum atomic E-state index is 12.8. The first kappa shape index (κ1) is 12.4. The van der Waals surface area contributed by atoms with Crippen molar-refractivity contribution in [1.82, 2.24) is 0 Å². The highest BCUT2D eigenvalue weighted by atomic mass is 32.2. The van der Waals surface area contributed by atoms with Crippen molar-refractivity contribution in [2.75, 3.05) is 11.0 Å². The van der Waals surface area contributed by atoms with E-state index in [0.29, 0.717) is 12.1 Å². The number of halogens is 2. The van der Waals surface area contributed by atoms with Gasteiger partial charge < -0.3 is 5.11 Å². The van der Waals surface area contributed by atoms with Crippen LogP contribution in [0.1, 0.15) is 10.4 Å². The Kier molecular flexibility index (Phi) is 3.13. The fourth-order valence-corrected chi connectivity index (χ4v) is 1.58. The van der Waals surface area contributed by atoms with E-state index in [-0.39, 0.29) is 0 Å². The van der Waals surface area contributed by atoms with Gasteiger partial charge in [-0.05, 0) is 6.07 Å². The molecule has 0 unspecified atom stereocenters. The summed E-state index contributed by atoms with van der Waals surface area (Å²) in [6.07, 6.45) is 0.764. The SMILES string of the molecule is CS(=O)(=O)Nc1cc(F)c(F)cc1C(=O)O. The van der Waals surface area contributed by atoms with Crippen molar-refractivity contribution >= 4 is 21.7 Å². The quantitative estimate of drug-likeness (QED) is 0.840. The van der Waals surface area contributed by atoms with Crippen LogP contribution in [-0.2, 0) is 10.0 Å². The van der Waals surface area contributed by atoms with Gasteiger partial charge in [0.15, 0.2) is 11.6 Å². The van der Waals surface area contributed by atoms with Crippen LogP contribution in [0.5, 0.6) is 0 Å². The molecule has 0 fully saturated rings. The largest absolute Gasteiger partial charge is 0.478 e. The van der Waals surface area contributed by atoms with Crippen LogP contribution in [-0.4, -0.2) is 25.7 Å². The van der Waals surface area contributed by atoms with Gasteiger partial charge in [0.25, 0.3) is 0 Å². The topological polar surface area (TPSA) is 83.5 Å². The molecule has 0 aliphatic rings. The molecule has 0 bridgehead atoms. The molecule has 0 amide bonds. The molecule has 88 valence electrons. The van der Waals surface area contributed by atoms with E-state index in [1.165, 1.54) is 0 Å². The first-order valence-electron chi connectivity index (χ1n) is 3.91. The molecule has 0 aromatic heterocycles. The molecule has 8 heteroatoms. The van der Waals surface area contributed by atoms with Gasteiger partial charge in [0.05, 0.1) is 17.5 Å². The van der Waals surface area contributed by atoms with Crippen LogP contribution in [0.2, 0.25) is 0 Å². The number of anilines is 1. The third kappa shape index (κ3) is 2.89. The number of hydrogen-bond donors (Lipinski definition) is 2. The Bertz CT molecular complexity index is 541. The molecule has 2 N–H and O–H groups in total. The van der Waals surface area contributed by atoms with Gasteiger partial charge in [0, 0.05) is 6.07 Å². The Morgan fingerprint density at radius 1 is 1.31 bits per heavy atom. The zero-order valence-electron chi connectivity index (χ0n) is 7.99. The van der Waals surface area contributed by atoms with Gasteiger partial charge in [0.1, 0.15) is 0 Å². The Balaban J connectivity index is 3.36. The van der Waals surface area contributed by atoms with E-state index in [4.69, 9.17) is 5.11 Å². The standard InChI is InChI=1S/C8H7F2NO4S/c1-16(14,15)11-7-3-6(10)5(9)2-4(7)8(12)13/h2-3,11H,1H3,(H,12,13). The average Bonchev–Trinajstić information content (AvgIpc) is 2.07. The minimum absolute atomic E-state index is 0.408. The minimum Gasteiger partial charge on any atom is -0.478 e. The highest BCUT2D eigenvalue weighted by Gasteiger charge is 2.17. The van der Waals surface area contributed by atoms with Gasteiger partial charge >= 0.3 is 5.97 Å². The summed E-state index contributed by atoms with van der Waals surface area (Å²) < 4.78 is 49.0. The van der Waals surface area contributed by atoms with E-state index in [1.54, 1.807) is 4.72 Å². The summed E-state index contributed by atoms with van der Waals surface area (Å²) in [6.45, 7) is 0. The maximum absolute atomic E-state index is 12.8. The molecule has 5 nitrogen and oxygen atoms in total. The van der Waals surface area contributed by atoms with E-state index >= 15 is 0 Å². The molecule has 0 spiro atoms. The molecule has 1 aromatic carbocycles. The number of hydrogen-bond acceptors (Lipinski definition) is 3. The van der Waals surface area contributed by atoms with Crippen LogP contribution in [0, 0.1) is 11.6 Å². The molecule has 0 radical (unpaired) electrons.